The fourth-order valence-corrected chi connectivity index (χ4v) is 4.56. The minimum Gasteiger partial charge on any atom is -0.348 e. The number of hydrogen-bond acceptors (Lipinski definition) is 5. The molecule has 4 heterocycles. The van der Waals surface area contributed by atoms with E-state index in [1.54, 1.807) is 18.7 Å². The predicted molar refractivity (Wildman–Crippen MR) is 101 cm³/mol. The zero-order valence-electron chi connectivity index (χ0n) is 15.4. The van der Waals surface area contributed by atoms with Crippen LogP contribution in [0.2, 0.25) is 0 Å². The van der Waals surface area contributed by atoms with E-state index in [1.807, 2.05) is 23.1 Å². The third-order valence-corrected chi connectivity index (χ3v) is 6.18. The molecule has 2 aliphatic heterocycles. The van der Waals surface area contributed by atoms with Crippen molar-refractivity contribution in [1.29, 1.82) is 0 Å². The summed E-state index contributed by atoms with van der Waals surface area (Å²) in [5.41, 5.74) is 4.60. The van der Waals surface area contributed by atoms with E-state index in [2.05, 4.69) is 31.9 Å². The second-order valence-corrected chi connectivity index (χ2v) is 7.48. The van der Waals surface area contributed by atoms with Gasteiger partial charge in [-0.2, -0.15) is 0 Å². The fraction of sp³-hybridized carbons (Fsp3) is 0.400. The molecule has 5 rings (SSSR count). The van der Waals surface area contributed by atoms with E-state index in [1.165, 1.54) is 11.4 Å². The van der Waals surface area contributed by atoms with Crippen molar-refractivity contribution in [1.82, 2.24) is 29.7 Å². The summed E-state index contributed by atoms with van der Waals surface area (Å²) in [6.45, 7) is 2.48. The molecule has 138 valence electrons. The Labute approximate surface area is 157 Å². The topological polar surface area (TPSA) is 78.0 Å². The Morgan fingerprint density at radius 1 is 1.07 bits per heavy atom. The molecule has 1 amide bonds. The highest BCUT2D eigenvalue weighted by atomic mass is 16.2. The van der Waals surface area contributed by atoms with Crippen LogP contribution >= 0.6 is 0 Å². The molecule has 7 nitrogen and oxygen atoms in total. The number of carbonyl (C=O) groups excluding carboxylic acids is 1. The SMILES string of the molecule is CN1CCc2[nH]cnc2C12CCN(C(=O)c1ccc3nccnc3c1)CC2. The molecule has 0 atom stereocenters. The quantitative estimate of drug-likeness (QED) is 0.716. The number of fused-ring (bicyclic) bond motifs is 3. The Kier molecular flexibility index (Phi) is 3.72. The Bertz CT molecular complexity index is 1000. The summed E-state index contributed by atoms with van der Waals surface area (Å²) in [6, 6.07) is 5.56. The van der Waals surface area contributed by atoms with Gasteiger partial charge in [-0.25, -0.2) is 4.98 Å². The maximum atomic E-state index is 13.0. The number of aromatic nitrogens is 4. The summed E-state index contributed by atoms with van der Waals surface area (Å²) in [5, 5.41) is 0. The van der Waals surface area contributed by atoms with Gasteiger partial charge in [0.15, 0.2) is 0 Å². The Balaban J connectivity index is 1.38. The first-order chi connectivity index (χ1) is 13.2. The number of imidazole rings is 1. The van der Waals surface area contributed by atoms with Gasteiger partial charge in [0.25, 0.3) is 5.91 Å². The summed E-state index contributed by atoms with van der Waals surface area (Å²) in [5.74, 6) is 0.0677. The lowest BCUT2D eigenvalue weighted by Gasteiger charge is -2.49. The maximum Gasteiger partial charge on any atom is 0.253 e. The Morgan fingerprint density at radius 3 is 2.67 bits per heavy atom. The van der Waals surface area contributed by atoms with E-state index in [-0.39, 0.29) is 11.4 Å². The number of aromatic amines is 1. The normalized spacial score (nSPS) is 19.4. The second kappa shape index (κ2) is 6.13. The standard InChI is InChI=1S/C20H22N6O/c1-25-9-4-16-18(24-13-23-16)20(25)5-10-26(11-6-20)19(27)14-2-3-15-17(12-14)22-8-7-21-15/h2-3,7-8,12-13H,4-6,9-11H2,1H3,(H,23,24). The zero-order valence-corrected chi connectivity index (χ0v) is 15.4. The highest BCUT2D eigenvalue weighted by Crippen LogP contribution is 2.41. The Morgan fingerprint density at radius 2 is 1.85 bits per heavy atom. The van der Waals surface area contributed by atoms with Crippen molar-refractivity contribution in [3.8, 4) is 0 Å². The molecular formula is C20H22N6O. The van der Waals surface area contributed by atoms with E-state index in [4.69, 9.17) is 0 Å². The van der Waals surface area contributed by atoms with Crippen molar-refractivity contribution in [2.24, 2.45) is 0 Å². The predicted octanol–water partition coefficient (Wildman–Crippen LogP) is 1.97. The van der Waals surface area contributed by atoms with Gasteiger partial charge in [-0.15, -0.1) is 0 Å². The number of likely N-dealkylation sites (N-methyl/N-ethyl adjacent to an activating group) is 1. The average Bonchev–Trinajstić information content (AvgIpc) is 3.20. The van der Waals surface area contributed by atoms with E-state index in [9.17, 15) is 4.79 Å². The van der Waals surface area contributed by atoms with E-state index in [0.717, 1.165) is 49.9 Å². The van der Waals surface area contributed by atoms with Crippen molar-refractivity contribution in [3.05, 3.63) is 53.9 Å². The van der Waals surface area contributed by atoms with Crippen LogP contribution in [0.5, 0.6) is 0 Å². The summed E-state index contributed by atoms with van der Waals surface area (Å²) in [4.78, 5) is 33.9. The average molecular weight is 362 g/mol. The minimum absolute atomic E-state index is 0.0563. The minimum atomic E-state index is -0.0563. The molecule has 1 spiro atoms. The van der Waals surface area contributed by atoms with Gasteiger partial charge >= 0.3 is 0 Å². The lowest BCUT2D eigenvalue weighted by atomic mass is 9.79. The summed E-state index contributed by atoms with van der Waals surface area (Å²) >= 11 is 0. The second-order valence-electron chi connectivity index (χ2n) is 7.48. The van der Waals surface area contributed by atoms with Crippen LogP contribution in [0.15, 0.2) is 36.9 Å². The lowest BCUT2D eigenvalue weighted by molar-refractivity contribution is 0.0226. The van der Waals surface area contributed by atoms with E-state index in [0.29, 0.717) is 5.56 Å². The number of rotatable bonds is 1. The van der Waals surface area contributed by atoms with Crippen molar-refractivity contribution in [2.75, 3.05) is 26.7 Å². The monoisotopic (exact) mass is 362 g/mol. The molecule has 2 aliphatic rings. The molecule has 1 saturated heterocycles. The molecular weight excluding hydrogens is 340 g/mol. The van der Waals surface area contributed by atoms with Crippen molar-refractivity contribution in [3.63, 3.8) is 0 Å². The fourth-order valence-electron chi connectivity index (χ4n) is 4.56. The van der Waals surface area contributed by atoms with Crippen molar-refractivity contribution in [2.45, 2.75) is 24.8 Å². The summed E-state index contributed by atoms with van der Waals surface area (Å²) in [7, 11) is 2.18. The van der Waals surface area contributed by atoms with Gasteiger partial charge in [0.2, 0.25) is 0 Å². The molecule has 1 fully saturated rings. The molecule has 1 N–H and O–H groups in total. The van der Waals surface area contributed by atoms with Crippen molar-refractivity contribution >= 4 is 16.9 Å². The van der Waals surface area contributed by atoms with Crippen LogP contribution in [-0.4, -0.2) is 62.3 Å². The third kappa shape index (κ3) is 2.53. The number of nitrogens with one attached hydrogen (secondary N) is 1. The highest BCUT2D eigenvalue weighted by molar-refractivity contribution is 5.97. The van der Waals surface area contributed by atoms with Crippen molar-refractivity contribution < 1.29 is 4.79 Å². The van der Waals surface area contributed by atoms with Crippen LogP contribution in [0.25, 0.3) is 11.0 Å². The van der Waals surface area contributed by atoms with Crippen LogP contribution in [-0.2, 0) is 12.0 Å². The largest absolute Gasteiger partial charge is 0.348 e. The number of piperidine rings is 1. The van der Waals surface area contributed by atoms with Gasteiger partial charge in [0.05, 0.1) is 28.6 Å². The molecule has 0 bridgehead atoms. The highest BCUT2D eigenvalue weighted by Gasteiger charge is 2.45. The van der Waals surface area contributed by atoms with Gasteiger partial charge in [-0.1, -0.05) is 0 Å². The summed E-state index contributed by atoms with van der Waals surface area (Å²) < 4.78 is 0. The number of carbonyl (C=O) groups is 1. The summed E-state index contributed by atoms with van der Waals surface area (Å²) in [6.07, 6.45) is 7.94. The van der Waals surface area contributed by atoms with Gasteiger partial charge in [0.1, 0.15) is 0 Å². The molecule has 7 heteroatoms. The maximum absolute atomic E-state index is 13.0. The van der Waals surface area contributed by atoms with Gasteiger partial charge in [-0.3, -0.25) is 19.7 Å². The molecule has 2 aromatic heterocycles. The van der Waals surface area contributed by atoms with Gasteiger partial charge in [0, 0.05) is 49.7 Å². The number of H-pyrrole nitrogens is 1. The molecule has 0 radical (unpaired) electrons. The molecule has 3 aromatic rings. The first-order valence-electron chi connectivity index (χ1n) is 9.41. The number of hydrogen-bond donors (Lipinski definition) is 1. The van der Waals surface area contributed by atoms with E-state index >= 15 is 0 Å². The number of likely N-dealkylation sites (tertiary alicyclic amines) is 1. The van der Waals surface area contributed by atoms with Crippen LogP contribution < -0.4 is 0 Å². The molecule has 27 heavy (non-hydrogen) atoms. The van der Waals surface area contributed by atoms with E-state index < -0.39 is 0 Å². The lowest BCUT2D eigenvalue weighted by Crippen LogP contribution is -2.55. The third-order valence-electron chi connectivity index (χ3n) is 6.18. The number of nitrogens with zero attached hydrogens (tertiary/aromatic N) is 5. The number of benzene rings is 1. The first kappa shape index (κ1) is 16.4. The smallest absolute Gasteiger partial charge is 0.253 e. The zero-order chi connectivity index (χ0) is 18.4. The van der Waals surface area contributed by atoms with Crippen LogP contribution in [0.4, 0.5) is 0 Å². The Hall–Kier alpha value is -2.80. The number of amides is 1. The molecule has 0 aliphatic carbocycles. The van der Waals surface area contributed by atoms with Gasteiger partial charge in [-0.05, 0) is 38.1 Å². The molecule has 0 unspecified atom stereocenters. The van der Waals surface area contributed by atoms with Crippen LogP contribution in [0.1, 0.15) is 34.6 Å². The first-order valence-corrected chi connectivity index (χ1v) is 9.41. The van der Waals surface area contributed by atoms with Gasteiger partial charge < -0.3 is 9.88 Å². The van der Waals surface area contributed by atoms with Crippen LogP contribution in [0, 0.1) is 0 Å². The molecule has 1 aromatic carbocycles. The molecule has 0 saturated carbocycles. The van der Waals surface area contributed by atoms with Crippen LogP contribution in [0.3, 0.4) is 0 Å².